The minimum atomic E-state index is -0.536. The Morgan fingerprint density at radius 3 is 2.14 bits per heavy atom. The summed E-state index contributed by atoms with van der Waals surface area (Å²) in [6.07, 6.45) is 0.503. The lowest BCUT2D eigenvalue weighted by Crippen LogP contribution is -2.34. The average Bonchev–Trinajstić information content (AvgIpc) is 2.92. The number of rotatable bonds is 9. The molecule has 1 aromatic rings. The maximum Gasteiger partial charge on any atom is 0.411 e. The van der Waals surface area contributed by atoms with Gasteiger partial charge in [0.25, 0.3) is 0 Å². The highest BCUT2D eigenvalue weighted by Gasteiger charge is 2.16. The van der Waals surface area contributed by atoms with Gasteiger partial charge in [-0.1, -0.05) is 0 Å². The number of nitrogens with zero attached hydrogens (tertiary/aromatic N) is 2. The highest BCUT2D eigenvalue weighted by molar-refractivity contribution is 5.86. The fourth-order valence-electron chi connectivity index (χ4n) is 3.19. The molecule has 0 saturated carbocycles. The molecule has 9 nitrogen and oxygen atoms in total. The van der Waals surface area contributed by atoms with E-state index in [1.165, 1.54) is 21.3 Å². The number of carbonyl (C=O) groups excluding carboxylic acids is 1. The van der Waals surface area contributed by atoms with Crippen molar-refractivity contribution in [3.63, 3.8) is 0 Å². The van der Waals surface area contributed by atoms with Crippen molar-refractivity contribution >= 4 is 11.8 Å². The average molecular weight is 397 g/mol. The third-order valence-corrected chi connectivity index (χ3v) is 4.65. The number of β-amino-alcohol motifs (C(OH)–C–C–N with tert-alkyl or cyclic N) is 1. The zero-order valence-electron chi connectivity index (χ0n) is 16.9. The molecule has 0 unspecified atom stereocenters. The second-order valence-corrected chi connectivity index (χ2v) is 6.44. The van der Waals surface area contributed by atoms with E-state index in [0.29, 0.717) is 42.6 Å². The summed E-state index contributed by atoms with van der Waals surface area (Å²) >= 11 is 0. The molecule has 1 aliphatic rings. The molecule has 1 amide bonds. The van der Waals surface area contributed by atoms with E-state index in [0.717, 1.165) is 32.6 Å². The maximum atomic E-state index is 12.1. The molecule has 28 heavy (non-hydrogen) atoms. The third-order valence-electron chi connectivity index (χ3n) is 4.65. The van der Waals surface area contributed by atoms with Crippen molar-refractivity contribution in [1.29, 1.82) is 0 Å². The van der Waals surface area contributed by atoms with Gasteiger partial charge in [-0.3, -0.25) is 15.1 Å². The van der Waals surface area contributed by atoms with Gasteiger partial charge in [-0.15, -0.1) is 0 Å². The summed E-state index contributed by atoms with van der Waals surface area (Å²) in [5.74, 6) is 1.36. The maximum absolute atomic E-state index is 12.1. The fraction of sp³-hybridized carbons (Fsp3) is 0.632. The van der Waals surface area contributed by atoms with Crippen molar-refractivity contribution in [3.05, 3.63) is 12.1 Å². The molecule has 9 heteroatoms. The molecule has 158 valence electrons. The Kier molecular flexibility index (Phi) is 9.12. The molecule has 1 saturated heterocycles. The number of nitrogens with one attached hydrogen (secondary N) is 1. The lowest BCUT2D eigenvalue weighted by atomic mass is 10.2. The Hall–Kier alpha value is -2.23. The van der Waals surface area contributed by atoms with Crippen molar-refractivity contribution in [3.8, 4) is 17.2 Å². The number of hydrogen-bond acceptors (Lipinski definition) is 8. The fourth-order valence-corrected chi connectivity index (χ4v) is 3.19. The predicted molar refractivity (Wildman–Crippen MR) is 106 cm³/mol. The summed E-state index contributed by atoms with van der Waals surface area (Å²) in [6, 6.07) is 3.29. The van der Waals surface area contributed by atoms with Crippen LogP contribution in [0.5, 0.6) is 17.2 Å². The van der Waals surface area contributed by atoms with Crippen LogP contribution < -0.4 is 19.5 Å². The molecule has 2 rings (SSSR count). The largest absolute Gasteiger partial charge is 0.493 e. The first kappa shape index (κ1) is 22.1. The lowest BCUT2D eigenvalue weighted by Gasteiger charge is -2.21. The van der Waals surface area contributed by atoms with E-state index < -0.39 is 6.09 Å². The third kappa shape index (κ3) is 6.43. The van der Waals surface area contributed by atoms with Crippen molar-refractivity contribution < 1.29 is 28.8 Å². The second-order valence-electron chi connectivity index (χ2n) is 6.44. The molecule has 0 spiro atoms. The summed E-state index contributed by atoms with van der Waals surface area (Å²) in [5.41, 5.74) is 0.494. The molecule has 1 fully saturated rings. The standard InChI is InChI=1S/C19H31N3O6/c1-25-16-13-15(14-17(26-2)18(16)27-3)20-19(24)28-12-10-22-6-4-5-21(7-8-22)9-11-23/h13-14,23H,4-12H2,1-3H3,(H,20,24). The molecule has 0 aromatic heterocycles. The number of benzene rings is 1. The Balaban J connectivity index is 1.81. The number of anilines is 1. The monoisotopic (exact) mass is 397 g/mol. The number of methoxy groups -OCH3 is 3. The van der Waals surface area contributed by atoms with Crippen LogP contribution in [0.2, 0.25) is 0 Å². The first-order valence-electron chi connectivity index (χ1n) is 9.40. The number of hydrogen-bond donors (Lipinski definition) is 2. The van der Waals surface area contributed by atoms with E-state index >= 15 is 0 Å². The first-order chi connectivity index (χ1) is 13.6. The van der Waals surface area contributed by atoms with Gasteiger partial charge in [0, 0.05) is 38.3 Å². The van der Waals surface area contributed by atoms with Crippen LogP contribution in [0, 0.1) is 0 Å². The summed E-state index contributed by atoms with van der Waals surface area (Å²) in [5, 5.41) is 11.7. The molecular formula is C19H31N3O6. The van der Waals surface area contributed by atoms with Gasteiger partial charge >= 0.3 is 6.09 Å². The van der Waals surface area contributed by atoms with E-state index in [9.17, 15) is 4.79 Å². The van der Waals surface area contributed by atoms with Gasteiger partial charge in [-0.2, -0.15) is 0 Å². The van der Waals surface area contributed by atoms with Crippen LogP contribution in [0.15, 0.2) is 12.1 Å². The summed E-state index contributed by atoms with van der Waals surface area (Å²) in [7, 11) is 4.55. The van der Waals surface area contributed by atoms with Crippen LogP contribution in [-0.2, 0) is 4.74 Å². The Morgan fingerprint density at radius 1 is 1.00 bits per heavy atom. The van der Waals surface area contributed by atoms with Gasteiger partial charge < -0.3 is 24.1 Å². The minimum Gasteiger partial charge on any atom is -0.493 e. The van der Waals surface area contributed by atoms with Gasteiger partial charge in [-0.25, -0.2) is 4.79 Å². The highest BCUT2D eigenvalue weighted by Crippen LogP contribution is 2.39. The zero-order chi connectivity index (χ0) is 20.4. The molecule has 1 heterocycles. The van der Waals surface area contributed by atoms with Crippen molar-refractivity contribution in [2.45, 2.75) is 6.42 Å². The van der Waals surface area contributed by atoms with Gasteiger partial charge in [-0.05, 0) is 19.5 Å². The SMILES string of the molecule is COc1cc(NC(=O)OCCN2CCCN(CCO)CC2)cc(OC)c1OC. The van der Waals surface area contributed by atoms with Gasteiger partial charge in [0.1, 0.15) is 6.61 Å². The van der Waals surface area contributed by atoms with Crippen LogP contribution >= 0.6 is 0 Å². The summed E-state index contributed by atoms with van der Waals surface area (Å²) in [6.45, 7) is 5.63. The van der Waals surface area contributed by atoms with Crippen LogP contribution in [0.3, 0.4) is 0 Å². The van der Waals surface area contributed by atoms with Gasteiger partial charge in [0.15, 0.2) is 11.5 Å². The van der Waals surface area contributed by atoms with E-state index in [4.69, 9.17) is 24.1 Å². The lowest BCUT2D eigenvalue weighted by molar-refractivity contribution is 0.139. The molecular weight excluding hydrogens is 366 g/mol. The Labute approximate surface area is 166 Å². The molecule has 0 atom stereocenters. The zero-order valence-corrected chi connectivity index (χ0v) is 16.9. The number of carbonyl (C=O) groups is 1. The van der Waals surface area contributed by atoms with Crippen LogP contribution in [0.4, 0.5) is 10.5 Å². The molecule has 0 radical (unpaired) electrons. The molecule has 0 bridgehead atoms. The number of ether oxygens (including phenoxy) is 4. The van der Waals surface area contributed by atoms with Crippen molar-refractivity contribution in [2.24, 2.45) is 0 Å². The van der Waals surface area contributed by atoms with E-state index in [2.05, 4.69) is 15.1 Å². The number of aliphatic hydroxyl groups excluding tert-OH is 1. The van der Waals surface area contributed by atoms with Gasteiger partial charge in [0.05, 0.1) is 33.6 Å². The predicted octanol–water partition coefficient (Wildman–Crippen LogP) is 1.26. The first-order valence-corrected chi connectivity index (χ1v) is 9.40. The topological polar surface area (TPSA) is 92.7 Å². The van der Waals surface area contributed by atoms with Crippen molar-refractivity contribution in [2.75, 3.05) is 79.1 Å². The molecule has 1 aromatic carbocycles. The molecule has 0 aliphatic carbocycles. The number of aliphatic hydroxyl groups is 1. The van der Waals surface area contributed by atoms with E-state index in [1.54, 1.807) is 12.1 Å². The van der Waals surface area contributed by atoms with Crippen LogP contribution in [0.25, 0.3) is 0 Å². The van der Waals surface area contributed by atoms with E-state index in [-0.39, 0.29) is 6.61 Å². The highest BCUT2D eigenvalue weighted by atomic mass is 16.5. The van der Waals surface area contributed by atoms with E-state index in [1.807, 2.05) is 0 Å². The molecule has 1 aliphatic heterocycles. The number of amides is 1. The Bertz CT molecular complexity index is 603. The Morgan fingerprint density at radius 2 is 1.61 bits per heavy atom. The normalized spacial score (nSPS) is 15.6. The smallest absolute Gasteiger partial charge is 0.411 e. The molecule has 2 N–H and O–H groups in total. The summed E-state index contributed by atoms with van der Waals surface area (Å²) < 4.78 is 21.1. The van der Waals surface area contributed by atoms with Crippen LogP contribution in [0.1, 0.15) is 6.42 Å². The minimum absolute atomic E-state index is 0.185. The van der Waals surface area contributed by atoms with Gasteiger partial charge in [0.2, 0.25) is 5.75 Å². The quantitative estimate of drug-likeness (QED) is 0.643. The summed E-state index contributed by atoms with van der Waals surface area (Å²) in [4.78, 5) is 16.6. The second kappa shape index (κ2) is 11.6. The van der Waals surface area contributed by atoms with Crippen LogP contribution in [-0.4, -0.2) is 94.8 Å². The van der Waals surface area contributed by atoms with Crippen molar-refractivity contribution in [1.82, 2.24) is 9.80 Å².